The van der Waals surface area contributed by atoms with Crippen molar-refractivity contribution < 1.29 is 0 Å². The maximum absolute atomic E-state index is 6.38. The standard InChI is InChI=1S/C28H35N7/c1-4-13-32-35-14-9-12-23(15-20(35)3)33-27(29)16-21(5-2)28-31-18-25-24(17-30-19-26(25)34-28)22-10-7-6-8-11-22/h4-5,9,13-20,22,33H,1,6-8,10-12,29H2,2-3H3/b21-5+,27-16+,32-13-. The van der Waals surface area contributed by atoms with Gasteiger partial charge >= 0.3 is 0 Å². The van der Waals surface area contributed by atoms with Crippen LogP contribution in [0, 0.1) is 0 Å². The molecule has 0 radical (unpaired) electrons. The van der Waals surface area contributed by atoms with Crippen molar-refractivity contribution >= 4 is 22.7 Å². The molecule has 7 nitrogen and oxygen atoms in total. The third-order valence-electron chi connectivity index (χ3n) is 6.53. The van der Waals surface area contributed by atoms with Crippen molar-refractivity contribution in [1.29, 1.82) is 0 Å². The Kier molecular flexibility index (Phi) is 8.08. The van der Waals surface area contributed by atoms with Gasteiger partial charge in [-0.3, -0.25) is 9.99 Å². The van der Waals surface area contributed by atoms with Crippen LogP contribution in [0.15, 0.2) is 78.4 Å². The second kappa shape index (κ2) is 11.6. The number of nitrogens with two attached hydrogens (primary N) is 1. The van der Waals surface area contributed by atoms with E-state index in [1.54, 1.807) is 12.3 Å². The Bertz CT molecular complexity index is 1200. The van der Waals surface area contributed by atoms with Gasteiger partial charge in [-0.25, -0.2) is 9.97 Å². The number of fused-ring (bicyclic) bond motifs is 1. The highest BCUT2D eigenvalue weighted by Crippen LogP contribution is 2.35. The first-order valence-electron chi connectivity index (χ1n) is 12.4. The lowest BCUT2D eigenvalue weighted by Gasteiger charge is -2.22. The van der Waals surface area contributed by atoms with Crippen LogP contribution in [-0.4, -0.2) is 32.2 Å². The zero-order chi connectivity index (χ0) is 24.6. The number of hydrazone groups is 1. The fraction of sp³-hybridized carbons (Fsp3) is 0.357. The highest BCUT2D eigenvalue weighted by Gasteiger charge is 2.19. The molecule has 0 amide bonds. The molecule has 1 fully saturated rings. The lowest BCUT2D eigenvalue weighted by molar-refractivity contribution is 0.358. The highest BCUT2D eigenvalue weighted by molar-refractivity contribution is 5.83. The van der Waals surface area contributed by atoms with Crippen LogP contribution in [0.3, 0.4) is 0 Å². The minimum atomic E-state index is 0.0797. The predicted molar refractivity (Wildman–Crippen MR) is 144 cm³/mol. The molecular formula is C28H35N7. The van der Waals surface area contributed by atoms with Gasteiger partial charge < -0.3 is 11.1 Å². The van der Waals surface area contributed by atoms with Crippen molar-refractivity contribution in [2.75, 3.05) is 0 Å². The Morgan fingerprint density at radius 3 is 2.83 bits per heavy atom. The van der Waals surface area contributed by atoms with Gasteiger partial charge in [0.1, 0.15) is 5.82 Å². The van der Waals surface area contributed by atoms with Gasteiger partial charge in [0.15, 0.2) is 5.82 Å². The van der Waals surface area contributed by atoms with Gasteiger partial charge in [0, 0.05) is 47.9 Å². The molecule has 2 aliphatic rings. The third-order valence-corrected chi connectivity index (χ3v) is 6.53. The number of allylic oxidation sites excluding steroid dienone is 5. The molecule has 7 heteroatoms. The molecule has 182 valence electrons. The maximum atomic E-state index is 6.38. The summed E-state index contributed by atoms with van der Waals surface area (Å²) in [7, 11) is 0. The summed E-state index contributed by atoms with van der Waals surface area (Å²) in [6, 6.07) is 0.0797. The van der Waals surface area contributed by atoms with Gasteiger partial charge in [0.25, 0.3) is 0 Å². The topological polar surface area (TPSA) is 92.3 Å². The monoisotopic (exact) mass is 469 g/mol. The molecule has 0 bridgehead atoms. The number of aromatic nitrogens is 3. The third kappa shape index (κ3) is 6.04. The summed E-state index contributed by atoms with van der Waals surface area (Å²) in [6.07, 6.45) is 26.2. The van der Waals surface area contributed by atoms with Crippen molar-refractivity contribution in [1.82, 2.24) is 25.3 Å². The normalized spacial score (nSPS) is 20.2. The Morgan fingerprint density at radius 1 is 1.23 bits per heavy atom. The molecule has 1 unspecified atom stereocenters. The van der Waals surface area contributed by atoms with Crippen LogP contribution in [0.1, 0.15) is 69.7 Å². The number of pyridine rings is 1. The predicted octanol–water partition coefficient (Wildman–Crippen LogP) is 5.53. The fourth-order valence-electron chi connectivity index (χ4n) is 4.74. The maximum Gasteiger partial charge on any atom is 0.159 e. The number of nitrogens with one attached hydrogen (secondary N) is 1. The van der Waals surface area contributed by atoms with Crippen molar-refractivity contribution in [2.45, 2.75) is 64.3 Å². The summed E-state index contributed by atoms with van der Waals surface area (Å²) in [6.45, 7) is 7.72. The lowest BCUT2D eigenvalue weighted by atomic mass is 9.83. The first kappa shape index (κ1) is 24.4. The number of nitrogens with zero attached hydrogens (tertiary/aromatic N) is 5. The molecule has 2 aromatic heterocycles. The molecule has 35 heavy (non-hydrogen) atoms. The van der Waals surface area contributed by atoms with E-state index >= 15 is 0 Å². The van der Waals surface area contributed by atoms with Crippen LogP contribution in [0.4, 0.5) is 0 Å². The van der Waals surface area contributed by atoms with E-state index in [0.717, 1.165) is 28.6 Å². The molecule has 1 aliphatic carbocycles. The molecule has 1 aliphatic heterocycles. The molecule has 1 atom stereocenters. The minimum Gasteiger partial charge on any atom is -0.385 e. The molecule has 0 aromatic carbocycles. The Labute approximate surface area is 207 Å². The van der Waals surface area contributed by atoms with Gasteiger partial charge in [0.2, 0.25) is 0 Å². The number of hydrogen-bond donors (Lipinski definition) is 2. The smallest absolute Gasteiger partial charge is 0.159 e. The van der Waals surface area contributed by atoms with Crippen molar-refractivity contribution in [3.63, 3.8) is 0 Å². The Morgan fingerprint density at radius 2 is 2.06 bits per heavy atom. The second-order valence-corrected chi connectivity index (χ2v) is 9.06. The second-order valence-electron chi connectivity index (χ2n) is 9.06. The van der Waals surface area contributed by atoms with Crippen molar-refractivity contribution in [2.24, 2.45) is 10.8 Å². The lowest BCUT2D eigenvalue weighted by Crippen LogP contribution is -2.23. The zero-order valence-corrected chi connectivity index (χ0v) is 20.7. The van der Waals surface area contributed by atoms with Crippen LogP contribution in [0.25, 0.3) is 16.5 Å². The van der Waals surface area contributed by atoms with Gasteiger partial charge in [-0.2, -0.15) is 5.10 Å². The van der Waals surface area contributed by atoms with Crippen LogP contribution in [-0.2, 0) is 0 Å². The Balaban J connectivity index is 1.53. The summed E-state index contributed by atoms with van der Waals surface area (Å²) in [4.78, 5) is 14.0. The first-order valence-corrected chi connectivity index (χ1v) is 12.4. The van der Waals surface area contributed by atoms with E-state index in [1.165, 1.54) is 37.7 Å². The average Bonchev–Trinajstić information content (AvgIpc) is 3.05. The molecule has 4 rings (SSSR count). The first-order chi connectivity index (χ1) is 17.1. The quantitative estimate of drug-likeness (QED) is 0.409. The highest BCUT2D eigenvalue weighted by atomic mass is 15.4. The van der Waals surface area contributed by atoms with Gasteiger partial charge in [-0.15, -0.1) is 0 Å². The molecule has 1 saturated carbocycles. The molecule has 0 spiro atoms. The van der Waals surface area contributed by atoms with Gasteiger partial charge in [0.05, 0.1) is 17.8 Å². The largest absolute Gasteiger partial charge is 0.385 e. The van der Waals surface area contributed by atoms with Gasteiger partial charge in [-0.1, -0.05) is 38.0 Å². The van der Waals surface area contributed by atoms with Crippen LogP contribution in [0.2, 0.25) is 0 Å². The average molecular weight is 470 g/mol. The molecule has 0 saturated heterocycles. The summed E-state index contributed by atoms with van der Waals surface area (Å²) < 4.78 is 0. The molecule has 3 N–H and O–H groups in total. The molecular weight excluding hydrogens is 434 g/mol. The fourth-order valence-corrected chi connectivity index (χ4v) is 4.74. The van der Waals surface area contributed by atoms with E-state index in [0.29, 0.717) is 17.6 Å². The zero-order valence-electron chi connectivity index (χ0n) is 20.7. The van der Waals surface area contributed by atoms with Gasteiger partial charge in [-0.05, 0) is 56.4 Å². The van der Waals surface area contributed by atoms with Crippen molar-refractivity contribution in [3.05, 3.63) is 84.7 Å². The van der Waals surface area contributed by atoms with Crippen LogP contribution >= 0.6 is 0 Å². The van der Waals surface area contributed by atoms with E-state index in [1.807, 2.05) is 48.9 Å². The van der Waals surface area contributed by atoms with E-state index in [-0.39, 0.29) is 6.04 Å². The van der Waals surface area contributed by atoms with E-state index in [2.05, 4.69) is 41.1 Å². The Hall–Kier alpha value is -3.74. The van der Waals surface area contributed by atoms with E-state index < -0.39 is 0 Å². The number of rotatable bonds is 7. The molecule has 3 heterocycles. The summed E-state index contributed by atoms with van der Waals surface area (Å²) >= 11 is 0. The van der Waals surface area contributed by atoms with Crippen LogP contribution in [0.5, 0.6) is 0 Å². The minimum absolute atomic E-state index is 0.0797. The summed E-state index contributed by atoms with van der Waals surface area (Å²) in [5, 5.41) is 10.7. The molecule has 2 aromatic rings. The van der Waals surface area contributed by atoms with E-state index in [4.69, 9.17) is 15.7 Å². The summed E-state index contributed by atoms with van der Waals surface area (Å²) in [5.41, 5.74) is 10.4. The SMILES string of the molecule is C=C/C=N\N1C=CCC(N/C(N)=C/C(=C\C)c2ncc3c(C4CCCCC4)cncc3n2)=CC1C. The number of hydrogen-bond acceptors (Lipinski definition) is 7. The van der Waals surface area contributed by atoms with Crippen molar-refractivity contribution in [3.8, 4) is 0 Å². The van der Waals surface area contributed by atoms with E-state index in [9.17, 15) is 0 Å². The van der Waals surface area contributed by atoms with Crippen LogP contribution < -0.4 is 11.1 Å². The summed E-state index contributed by atoms with van der Waals surface area (Å²) in [5.74, 6) is 1.73.